The molecule has 1 aromatic rings. The van der Waals surface area contributed by atoms with Gasteiger partial charge in [-0.05, 0) is 30.5 Å². The number of benzene rings is 1. The maximum atomic E-state index is 12.1. The largest absolute Gasteiger partial charge is 0.497 e. The summed E-state index contributed by atoms with van der Waals surface area (Å²) in [6.45, 7) is 1.95. The lowest BCUT2D eigenvalue weighted by Crippen LogP contribution is -2.30. The van der Waals surface area contributed by atoms with Gasteiger partial charge in [-0.1, -0.05) is 19.1 Å². The van der Waals surface area contributed by atoms with Gasteiger partial charge in [-0.15, -0.1) is 0 Å². The summed E-state index contributed by atoms with van der Waals surface area (Å²) in [5.41, 5.74) is 6.85. The van der Waals surface area contributed by atoms with Crippen molar-refractivity contribution in [2.24, 2.45) is 5.73 Å². The zero-order chi connectivity index (χ0) is 15.9. The van der Waals surface area contributed by atoms with Crippen LogP contribution in [0.25, 0.3) is 0 Å². The summed E-state index contributed by atoms with van der Waals surface area (Å²) in [5.74, 6) is 0.708. The van der Waals surface area contributed by atoms with Crippen molar-refractivity contribution >= 4 is 0 Å². The first-order valence-corrected chi connectivity index (χ1v) is 6.95. The van der Waals surface area contributed by atoms with Crippen LogP contribution in [0.15, 0.2) is 24.3 Å². The minimum Gasteiger partial charge on any atom is -0.497 e. The summed E-state index contributed by atoms with van der Waals surface area (Å²) in [5, 5.41) is 0. The normalized spacial score (nSPS) is 14.8. The molecule has 0 aliphatic heterocycles. The van der Waals surface area contributed by atoms with Crippen LogP contribution in [-0.2, 0) is 4.74 Å². The maximum Gasteiger partial charge on any atom is 0.389 e. The molecule has 1 rings (SSSR count). The van der Waals surface area contributed by atoms with Crippen LogP contribution in [0.5, 0.6) is 5.75 Å². The first-order chi connectivity index (χ1) is 9.87. The highest BCUT2D eigenvalue weighted by Gasteiger charge is 2.27. The van der Waals surface area contributed by atoms with E-state index in [2.05, 4.69) is 0 Å². The number of methoxy groups -OCH3 is 1. The number of halogens is 3. The molecule has 3 nitrogen and oxygen atoms in total. The van der Waals surface area contributed by atoms with E-state index in [4.69, 9.17) is 15.2 Å². The lowest BCUT2D eigenvalue weighted by atomic mass is 10.0. The molecule has 0 aliphatic carbocycles. The van der Waals surface area contributed by atoms with Gasteiger partial charge >= 0.3 is 6.18 Å². The predicted octanol–water partition coefficient (Wildman–Crippen LogP) is 3.83. The molecule has 2 atom stereocenters. The highest BCUT2D eigenvalue weighted by Crippen LogP contribution is 2.26. The molecule has 0 aliphatic rings. The van der Waals surface area contributed by atoms with Crippen LogP contribution in [0.1, 0.15) is 37.9 Å². The lowest BCUT2D eigenvalue weighted by molar-refractivity contribution is -0.139. The average molecular weight is 305 g/mol. The van der Waals surface area contributed by atoms with Crippen LogP contribution < -0.4 is 10.5 Å². The van der Waals surface area contributed by atoms with Crippen LogP contribution >= 0.6 is 0 Å². The zero-order valence-electron chi connectivity index (χ0n) is 12.3. The van der Waals surface area contributed by atoms with Crippen molar-refractivity contribution in [1.29, 1.82) is 0 Å². The fourth-order valence-electron chi connectivity index (χ4n) is 1.96. The van der Waals surface area contributed by atoms with Crippen LogP contribution in [0.4, 0.5) is 13.2 Å². The first kappa shape index (κ1) is 17.8. The number of ether oxygens (including phenoxy) is 2. The molecule has 2 N–H and O–H groups in total. The van der Waals surface area contributed by atoms with Crippen LogP contribution in [0.3, 0.4) is 0 Å². The highest BCUT2D eigenvalue weighted by molar-refractivity contribution is 5.29. The monoisotopic (exact) mass is 305 g/mol. The Labute approximate surface area is 123 Å². The lowest BCUT2D eigenvalue weighted by Gasteiger charge is -2.24. The third-order valence-corrected chi connectivity index (χ3v) is 3.21. The van der Waals surface area contributed by atoms with Crippen molar-refractivity contribution in [2.75, 3.05) is 13.7 Å². The van der Waals surface area contributed by atoms with Crippen molar-refractivity contribution in [2.45, 2.75) is 44.5 Å². The molecule has 0 bridgehead atoms. The number of nitrogens with two attached hydrogens (primary N) is 1. The molecule has 120 valence electrons. The van der Waals surface area contributed by atoms with E-state index in [1.807, 2.05) is 19.1 Å². The van der Waals surface area contributed by atoms with E-state index in [0.717, 1.165) is 5.56 Å². The molecule has 0 saturated heterocycles. The first-order valence-electron chi connectivity index (χ1n) is 6.95. The molecular formula is C15H22F3NO2. The molecule has 2 unspecified atom stereocenters. The van der Waals surface area contributed by atoms with E-state index in [1.54, 1.807) is 19.2 Å². The standard InChI is InChI=1S/C15H22F3NO2/c1-3-13(19)14(21-10-4-9-15(16,17)18)11-5-7-12(20-2)8-6-11/h5-8,13-14H,3-4,9-10,19H2,1-2H3. The smallest absolute Gasteiger partial charge is 0.389 e. The second-order valence-electron chi connectivity index (χ2n) is 4.86. The molecule has 6 heteroatoms. The molecule has 0 fully saturated rings. The Kier molecular flexibility index (Phi) is 6.98. The fraction of sp³-hybridized carbons (Fsp3) is 0.600. The third kappa shape index (κ3) is 6.35. The van der Waals surface area contributed by atoms with Crippen molar-refractivity contribution in [1.82, 2.24) is 0 Å². The van der Waals surface area contributed by atoms with Gasteiger partial charge in [0.05, 0.1) is 13.2 Å². The van der Waals surface area contributed by atoms with Gasteiger partial charge in [0.15, 0.2) is 0 Å². The van der Waals surface area contributed by atoms with Crippen molar-refractivity contribution in [3.05, 3.63) is 29.8 Å². The van der Waals surface area contributed by atoms with Gasteiger partial charge in [0.1, 0.15) is 5.75 Å². The van der Waals surface area contributed by atoms with Crippen molar-refractivity contribution in [3.8, 4) is 5.75 Å². The molecule has 1 aromatic carbocycles. The average Bonchev–Trinajstić information content (AvgIpc) is 2.46. The summed E-state index contributed by atoms with van der Waals surface area (Å²) in [6.07, 6.45) is -4.79. The minimum atomic E-state index is -4.15. The Morgan fingerprint density at radius 2 is 1.81 bits per heavy atom. The topological polar surface area (TPSA) is 44.5 Å². The highest BCUT2D eigenvalue weighted by atomic mass is 19.4. The Balaban J connectivity index is 2.63. The number of hydrogen-bond donors (Lipinski definition) is 1. The van der Waals surface area contributed by atoms with E-state index < -0.39 is 18.7 Å². The van der Waals surface area contributed by atoms with Gasteiger partial charge in [0, 0.05) is 19.1 Å². The molecule has 0 saturated carbocycles. The molecule has 21 heavy (non-hydrogen) atoms. The molecular weight excluding hydrogens is 283 g/mol. The van der Waals surface area contributed by atoms with Gasteiger partial charge in [0.2, 0.25) is 0 Å². The summed E-state index contributed by atoms with van der Waals surface area (Å²) in [6, 6.07) is 6.95. The molecule has 0 aromatic heterocycles. The quantitative estimate of drug-likeness (QED) is 0.742. The minimum absolute atomic E-state index is 0.0317. The van der Waals surface area contributed by atoms with E-state index in [-0.39, 0.29) is 19.1 Å². The van der Waals surface area contributed by atoms with Gasteiger partial charge < -0.3 is 15.2 Å². The Bertz CT molecular complexity index is 406. The summed E-state index contributed by atoms with van der Waals surface area (Å²) >= 11 is 0. The Morgan fingerprint density at radius 1 is 1.19 bits per heavy atom. The van der Waals surface area contributed by atoms with Gasteiger partial charge in [0.25, 0.3) is 0 Å². The maximum absolute atomic E-state index is 12.1. The van der Waals surface area contributed by atoms with E-state index in [9.17, 15) is 13.2 Å². The Hall–Kier alpha value is -1.27. The van der Waals surface area contributed by atoms with Gasteiger partial charge in [-0.3, -0.25) is 0 Å². The van der Waals surface area contributed by atoms with Crippen molar-refractivity contribution in [3.63, 3.8) is 0 Å². The fourth-order valence-corrected chi connectivity index (χ4v) is 1.96. The number of alkyl halides is 3. The van der Waals surface area contributed by atoms with E-state index in [0.29, 0.717) is 12.2 Å². The molecule has 0 heterocycles. The molecule has 0 amide bonds. The summed E-state index contributed by atoms with van der Waals surface area (Å²) < 4.78 is 47.0. The summed E-state index contributed by atoms with van der Waals surface area (Å²) in [7, 11) is 1.57. The van der Waals surface area contributed by atoms with Crippen molar-refractivity contribution < 1.29 is 22.6 Å². The Morgan fingerprint density at radius 3 is 2.29 bits per heavy atom. The molecule has 0 radical (unpaired) electrons. The van der Waals surface area contributed by atoms with E-state index in [1.165, 1.54) is 0 Å². The zero-order valence-corrected chi connectivity index (χ0v) is 12.3. The molecule has 0 spiro atoms. The van der Waals surface area contributed by atoms with Crippen LogP contribution in [0, 0.1) is 0 Å². The van der Waals surface area contributed by atoms with Gasteiger partial charge in [-0.2, -0.15) is 13.2 Å². The van der Waals surface area contributed by atoms with Crippen LogP contribution in [-0.4, -0.2) is 25.9 Å². The van der Waals surface area contributed by atoms with Crippen LogP contribution in [0.2, 0.25) is 0 Å². The SMILES string of the molecule is CCC(N)C(OCCCC(F)(F)F)c1ccc(OC)cc1. The van der Waals surface area contributed by atoms with E-state index >= 15 is 0 Å². The summed E-state index contributed by atoms with van der Waals surface area (Å²) in [4.78, 5) is 0. The predicted molar refractivity (Wildman–Crippen MR) is 75.2 cm³/mol. The van der Waals surface area contributed by atoms with Gasteiger partial charge in [-0.25, -0.2) is 0 Å². The second-order valence-corrected chi connectivity index (χ2v) is 4.86. The second kappa shape index (κ2) is 8.24. The number of hydrogen-bond acceptors (Lipinski definition) is 3. The number of rotatable bonds is 8. The third-order valence-electron chi connectivity index (χ3n) is 3.21.